The average molecular weight is 461 g/mol. The first-order chi connectivity index (χ1) is 12.6. The van der Waals surface area contributed by atoms with Gasteiger partial charge in [-0.2, -0.15) is 0 Å². The number of halogens is 1. The molecule has 0 bridgehead atoms. The maximum atomic E-state index is 12.0. The molecular formula is C17H25BrN4O4S. The number of urea groups is 1. The Bertz CT molecular complexity index is 792. The van der Waals surface area contributed by atoms with Crippen LogP contribution in [0.15, 0.2) is 22.7 Å². The number of anilines is 1. The summed E-state index contributed by atoms with van der Waals surface area (Å²) in [5.41, 5.74) is 1.62. The zero-order valence-electron chi connectivity index (χ0n) is 15.4. The van der Waals surface area contributed by atoms with Crippen LogP contribution in [0.25, 0.3) is 0 Å². The van der Waals surface area contributed by atoms with E-state index in [9.17, 15) is 18.0 Å². The number of carbonyl (C=O) groups excluding carboxylic acids is 2. The monoisotopic (exact) mass is 460 g/mol. The number of nitrogens with zero attached hydrogens (tertiary/aromatic N) is 1. The van der Waals surface area contributed by atoms with E-state index < -0.39 is 16.1 Å². The number of carbonyl (C=O) groups is 2. The molecule has 27 heavy (non-hydrogen) atoms. The second kappa shape index (κ2) is 9.52. The van der Waals surface area contributed by atoms with Gasteiger partial charge in [0, 0.05) is 29.8 Å². The molecule has 1 heterocycles. The predicted molar refractivity (Wildman–Crippen MR) is 108 cm³/mol. The molecule has 0 saturated carbocycles. The lowest BCUT2D eigenvalue weighted by molar-refractivity contribution is -0.115. The summed E-state index contributed by atoms with van der Waals surface area (Å²) >= 11 is 3.36. The van der Waals surface area contributed by atoms with Crippen molar-refractivity contribution < 1.29 is 18.0 Å². The van der Waals surface area contributed by atoms with Crippen molar-refractivity contribution in [3.63, 3.8) is 0 Å². The molecule has 8 nitrogen and oxygen atoms in total. The Kier molecular flexibility index (Phi) is 7.63. The van der Waals surface area contributed by atoms with Crippen molar-refractivity contribution in [2.75, 3.05) is 37.8 Å². The first kappa shape index (κ1) is 21.6. The van der Waals surface area contributed by atoms with E-state index in [0.29, 0.717) is 38.2 Å². The molecule has 1 aliphatic heterocycles. The molecule has 0 aliphatic carbocycles. The smallest absolute Gasteiger partial charge is 0.315 e. The zero-order valence-corrected chi connectivity index (χ0v) is 17.8. The van der Waals surface area contributed by atoms with Crippen LogP contribution in [0.1, 0.15) is 18.4 Å². The van der Waals surface area contributed by atoms with Crippen molar-refractivity contribution in [1.29, 1.82) is 0 Å². The highest BCUT2D eigenvalue weighted by Crippen LogP contribution is 2.20. The molecule has 3 amide bonds. The van der Waals surface area contributed by atoms with Crippen LogP contribution in [-0.4, -0.2) is 57.1 Å². The highest BCUT2D eigenvalue weighted by Gasteiger charge is 2.25. The van der Waals surface area contributed by atoms with Crippen LogP contribution in [0.4, 0.5) is 10.5 Å². The van der Waals surface area contributed by atoms with Gasteiger partial charge in [-0.25, -0.2) is 17.5 Å². The SMILES string of the molecule is Cc1cc(Br)ccc1NC(=O)CNC(=O)NCC1CCN(S(C)(=O)=O)CC1. The van der Waals surface area contributed by atoms with Gasteiger partial charge in [-0.05, 0) is 49.4 Å². The summed E-state index contributed by atoms with van der Waals surface area (Å²) in [6.45, 7) is 3.16. The van der Waals surface area contributed by atoms with Gasteiger partial charge >= 0.3 is 6.03 Å². The number of piperidine rings is 1. The predicted octanol–water partition coefficient (Wildman–Crippen LogP) is 1.67. The number of hydrogen-bond acceptors (Lipinski definition) is 4. The molecule has 0 radical (unpaired) electrons. The molecule has 1 aliphatic rings. The van der Waals surface area contributed by atoms with Gasteiger partial charge in [-0.15, -0.1) is 0 Å². The number of rotatable bonds is 6. The van der Waals surface area contributed by atoms with Gasteiger partial charge in [-0.3, -0.25) is 4.79 Å². The Morgan fingerprint density at radius 1 is 1.22 bits per heavy atom. The summed E-state index contributed by atoms with van der Waals surface area (Å²) < 4.78 is 25.4. The first-order valence-corrected chi connectivity index (χ1v) is 11.3. The lowest BCUT2D eigenvalue weighted by Gasteiger charge is -2.30. The van der Waals surface area contributed by atoms with Crippen molar-refractivity contribution in [1.82, 2.24) is 14.9 Å². The van der Waals surface area contributed by atoms with Gasteiger partial charge in [-0.1, -0.05) is 15.9 Å². The van der Waals surface area contributed by atoms with Crippen LogP contribution in [0.2, 0.25) is 0 Å². The van der Waals surface area contributed by atoms with Crippen LogP contribution in [0.3, 0.4) is 0 Å². The number of amides is 3. The van der Waals surface area contributed by atoms with Crippen LogP contribution in [0.5, 0.6) is 0 Å². The van der Waals surface area contributed by atoms with Crippen molar-refractivity contribution in [2.24, 2.45) is 5.92 Å². The van der Waals surface area contributed by atoms with Crippen LogP contribution >= 0.6 is 15.9 Å². The summed E-state index contributed by atoms with van der Waals surface area (Å²) in [6.07, 6.45) is 2.62. The molecule has 2 rings (SSSR count). The van der Waals surface area contributed by atoms with Crippen molar-refractivity contribution in [3.05, 3.63) is 28.2 Å². The quantitative estimate of drug-likeness (QED) is 0.599. The third-order valence-electron chi connectivity index (χ3n) is 4.47. The minimum atomic E-state index is -3.14. The molecule has 0 unspecified atom stereocenters. The maximum Gasteiger partial charge on any atom is 0.315 e. The van der Waals surface area contributed by atoms with E-state index in [0.717, 1.165) is 10.0 Å². The Labute approximate surface area is 168 Å². The Morgan fingerprint density at radius 3 is 2.48 bits per heavy atom. The van der Waals surface area contributed by atoms with Gasteiger partial charge in [0.15, 0.2) is 0 Å². The highest BCUT2D eigenvalue weighted by molar-refractivity contribution is 9.10. The molecule has 1 fully saturated rings. The van der Waals surface area contributed by atoms with E-state index in [1.807, 2.05) is 19.1 Å². The first-order valence-electron chi connectivity index (χ1n) is 8.68. The van der Waals surface area contributed by atoms with Crippen LogP contribution in [-0.2, 0) is 14.8 Å². The second-order valence-corrected chi connectivity index (χ2v) is 9.57. The second-order valence-electron chi connectivity index (χ2n) is 6.68. The van der Waals surface area contributed by atoms with E-state index >= 15 is 0 Å². The van der Waals surface area contributed by atoms with Crippen LogP contribution in [0, 0.1) is 12.8 Å². The summed E-state index contributed by atoms with van der Waals surface area (Å²) in [4.78, 5) is 23.8. The summed E-state index contributed by atoms with van der Waals surface area (Å²) in [5, 5.41) is 8.02. The van der Waals surface area contributed by atoms with E-state index in [4.69, 9.17) is 0 Å². The molecule has 0 aromatic heterocycles. The normalized spacial score (nSPS) is 16.0. The fourth-order valence-electron chi connectivity index (χ4n) is 2.87. The standard InChI is InChI=1S/C17H25BrN4O4S/c1-12-9-14(18)3-4-15(12)21-16(23)11-20-17(24)19-10-13-5-7-22(8-6-13)27(2,25)26/h3-4,9,13H,5-8,10-11H2,1-2H3,(H,21,23)(H2,19,20,24). The molecule has 150 valence electrons. The Balaban J connectivity index is 1.67. The molecule has 3 N–H and O–H groups in total. The van der Waals surface area contributed by atoms with E-state index in [2.05, 4.69) is 31.9 Å². The van der Waals surface area contributed by atoms with Gasteiger partial charge in [0.2, 0.25) is 15.9 Å². The molecule has 0 spiro atoms. The maximum absolute atomic E-state index is 12.0. The lowest BCUT2D eigenvalue weighted by Crippen LogP contribution is -2.44. The average Bonchev–Trinajstić information content (AvgIpc) is 2.60. The molecule has 1 saturated heterocycles. The number of aryl methyl sites for hydroxylation is 1. The number of benzene rings is 1. The zero-order chi connectivity index (χ0) is 20.0. The molecule has 1 aromatic carbocycles. The van der Waals surface area contributed by atoms with Gasteiger partial charge in [0.05, 0.1) is 12.8 Å². The van der Waals surface area contributed by atoms with Crippen LogP contribution < -0.4 is 16.0 Å². The van der Waals surface area contributed by atoms with Crippen molar-refractivity contribution >= 4 is 43.6 Å². The fraction of sp³-hybridized carbons (Fsp3) is 0.529. The molecule has 0 atom stereocenters. The van der Waals surface area contributed by atoms with Gasteiger partial charge in [0.25, 0.3) is 0 Å². The van der Waals surface area contributed by atoms with Gasteiger partial charge < -0.3 is 16.0 Å². The third-order valence-corrected chi connectivity index (χ3v) is 6.26. The highest BCUT2D eigenvalue weighted by atomic mass is 79.9. The Hall–Kier alpha value is -1.65. The molecule has 1 aromatic rings. The summed E-state index contributed by atoms with van der Waals surface area (Å²) in [5.74, 6) is -0.0787. The summed E-state index contributed by atoms with van der Waals surface area (Å²) in [6, 6.07) is 5.10. The largest absolute Gasteiger partial charge is 0.338 e. The topological polar surface area (TPSA) is 108 Å². The number of sulfonamides is 1. The van der Waals surface area contributed by atoms with Crippen molar-refractivity contribution in [3.8, 4) is 0 Å². The minimum Gasteiger partial charge on any atom is -0.338 e. The van der Waals surface area contributed by atoms with E-state index in [1.165, 1.54) is 10.6 Å². The lowest BCUT2D eigenvalue weighted by atomic mass is 9.98. The van der Waals surface area contributed by atoms with E-state index in [1.54, 1.807) is 6.07 Å². The molecular weight excluding hydrogens is 436 g/mol. The fourth-order valence-corrected chi connectivity index (χ4v) is 4.22. The van der Waals surface area contributed by atoms with E-state index in [-0.39, 0.29) is 18.4 Å². The minimum absolute atomic E-state index is 0.131. The van der Waals surface area contributed by atoms with Gasteiger partial charge in [0.1, 0.15) is 0 Å². The number of hydrogen-bond donors (Lipinski definition) is 3. The number of nitrogens with one attached hydrogen (secondary N) is 3. The van der Waals surface area contributed by atoms with Crippen molar-refractivity contribution in [2.45, 2.75) is 19.8 Å². The summed E-state index contributed by atoms with van der Waals surface area (Å²) in [7, 11) is -3.14. The molecule has 10 heteroatoms. The Morgan fingerprint density at radius 2 is 1.89 bits per heavy atom. The third kappa shape index (κ3) is 7.11.